The number of thiophene rings is 1. The molecule has 1 heterocycles. The Kier molecular flexibility index (Phi) is 7.80. The van der Waals surface area contributed by atoms with E-state index in [-0.39, 0.29) is 19.1 Å². The van der Waals surface area contributed by atoms with Crippen LogP contribution in [0.15, 0.2) is 48.5 Å². The van der Waals surface area contributed by atoms with Gasteiger partial charge in [0.05, 0.1) is 30.7 Å². The van der Waals surface area contributed by atoms with Crippen LogP contribution in [0.5, 0.6) is 0 Å². The number of anilines is 2. The molecule has 1 N–H and O–H groups in total. The number of sulfonamides is 1. The van der Waals surface area contributed by atoms with Crippen molar-refractivity contribution in [2.45, 2.75) is 46.1 Å². The Labute approximate surface area is 216 Å². The fraction of sp³-hybridized carbons (Fsp3) is 0.333. The standard InChI is InChI=1S/C27H30N2O5S2/c1-4-34-27(31)24-22-10-5-6-11-23(22)35-26(24)28-25(30)20-14-12-19(13-15-20)17-29(36(3,32)33)21-9-7-8-18(2)16-21/h7-9,12-16H,4-6,10-11,17H2,1-3H3,(H,28,30). The van der Waals surface area contributed by atoms with Gasteiger partial charge >= 0.3 is 5.97 Å². The molecule has 0 fully saturated rings. The predicted molar refractivity (Wildman–Crippen MR) is 144 cm³/mol. The lowest BCUT2D eigenvalue weighted by atomic mass is 9.95. The van der Waals surface area contributed by atoms with E-state index in [1.165, 1.54) is 21.9 Å². The third-order valence-corrected chi connectivity index (χ3v) is 8.46. The van der Waals surface area contributed by atoms with Gasteiger partial charge in [-0.25, -0.2) is 13.2 Å². The number of amides is 1. The molecule has 190 valence electrons. The first-order valence-corrected chi connectivity index (χ1v) is 14.6. The molecule has 0 atom stereocenters. The van der Waals surface area contributed by atoms with Gasteiger partial charge in [-0.2, -0.15) is 0 Å². The van der Waals surface area contributed by atoms with E-state index in [0.29, 0.717) is 21.8 Å². The summed E-state index contributed by atoms with van der Waals surface area (Å²) in [5, 5.41) is 3.44. The molecule has 0 saturated heterocycles. The lowest BCUT2D eigenvalue weighted by Crippen LogP contribution is -2.29. The number of rotatable bonds is 8. The molecule has 4 rings (SSSR count). The Balaban J connectivity index is 1.54. The first kappa shape index (κ1) is 25.9. The van der Waals surface area contributed by atoms with Crippen molar-refractivity contribution in [3.8, 4) is 0 Å². The van der Waals surface area contributed by atoms with Crippen LogP contribution in [0, 0.1) is 6.92 Å². The molecule has 0 spiro atoms. The minimum absolute atomic E-state index is 0.148. The third-order valence-electron chi connectivity index (χ3n) is 6.11. The molecule has 36 heavy (non-hydrogen) atoms. The van der Waals surface area contributed by atoms with E-state index in [1.807, 2.05) is 25.1 Å². The van der Waals surface area contributed by atoms with Crippen molar-refractivity contribution in [3.05, 3.63) is 81.2 Å². The highest BCUT2D eigenvalue weighted by molar-refractivity contribution is 7.92. The lowest BCUT2D eigenvalue weighted by Gasteiger charge is -2.23. The molecule has 0 unspecified atom stereocenters. The number of nitrogens with zero attached hydrogens (tertiary/aromatic N) is 1. The zero-order chi connectivity index (χ0) is 25.9. The van der Waals surface area contributed by atoms with Crippen molar-refractivity contribution < 1.29 is 22.7 Å². The number of nitrogens with one attached hydrogen (secondary N) is 1. The molecule has 0 saturated carbocycles. The van der Waals surface area contributed by atoms with Gasteiger partial charge in [0.25, 0.3) is 5.91 Å². The molecule has 0 radical (unpaired) electrons. The van der Waals surface area contributed by atoms with Crippen LogP contribution in [-0.2, 0) is 34.1 Å². The summed E-state index contributed by atoms with van der Waals surface area (Å²) < 4.78 is 31.5. The average molecular weight is 527 g/mol. The summed E-state index contributed by atoms with van der Waals surface area (Å²) in [6, 6.07) is 14.1. The Bertz CT molecular complexity index is 1380. The Hall–Kier alpha value is -3.17. The molecular formula is C27H30N2O5S2. The monoisotopic (exact) mass is 526 g/mol. The van der Waals surface area contributed by atoms with Gasteiger partial charge in [0.1, 0.15) is 5.00 Å². The van der Waals surface area contributed by atoms with E-state index in [2.05, 4.69) is 5.32 Å². The summed E-state index contributed by atoms with van der Waals surface area (Å²) in [6.07, 6.45) is 4.96. The highest BCUT2D eigenvalue weighted by atomic mass is 32.2. The van der Waals surface area contributed by atoms with Gasteiger partial charge in [-0.05, 0) is 80.5 Å². The molecule has 3 aromatic rings. The van der Waals surface area contributed by atoms with Crippen molar-refractivity contribution in [3.63, 3.8) is 0 Å². The van der Waals surface area contributed by atoms with Crippen LogP contribution in [0.2, 0.25) is 0 Å². The van der Waals surface area contributed by atoms with Gasteiger partial charge in [-0.15, -0.1) is 11.3 Å². The summed E-state index contributed by atoms with van der Waals surface area (Å²) >= 11 is 1.45. The number of benzene rings is 2. The topological polar surface area (TPSA) is 92.8 Å². The van der Waals surface area contributed by atoms with Crippen LogP contribution < -0.4 is 9.62 Å². The van der Waals surface area contributed by atoms with Crippen LogP contribution >= 0.6 is 11.3 Å². The molecule has 2 aromatic carbocycles. The van der Waals surface area contributed by atoms with Gasteiger partial charge in [0.15, 0.2) is 0 Å². The minimum atomic E-state index is -3.51. The lowest BCUT2D eigenvalue weighted by molar-refractivity contribution is 0.0526. The number of carbonyl (C=O) groups excluding carboxylic acids is 2. The zero-order valence-corrected chi connectivity index (χ0v) is 22.3. The highest BCUT2D eigenvalue weighted by Crippen LogP contribution is 2.38. The third kappa shape index (κ3) is 5.79. The summed E-state index contributed by atoms with van der Waals surface area (Å²) in [4.78, 5) is 26.8. The van der Waals surface area contributed by atoms with Crippen molar-refractivity contribution in [1.29, 1.82) is 0 Å². The van der Waals surface area contributed by atoms with E-state index in [0.717, 1.165) is 47.3 Å². The fourth-order valence-electron chi connectivity index (χ4n) is 4.36. The van der Waals surface area contributed by atoms with Crippen molar-refractivity contribution in [1.82, 2.24) is 0 Å². The molecule has 1 aliphatic rings. The van der Waals surface area contributed by atoms with Crippen LogP contribution in [-0.4, -0.2) is 33.2 Å². The van der Waals surface area contributed by atoms with Gasteiger partial charge in [0, 0.05) is 10.4 Å². The van der Waals surface area contributed by atoms with E-state index >= 15 is 0 Å². The van der Waals surface area contributed by atoms with Crippen molar-refractivity contribution >= 4 is 43.9 Å². The van der Waals surface area contributed by atoms with Crippen LogP contribution in [0.3, 0.4) is 0 Å². The summed E-state index contributed by atoms with van der Waals surface area (Å²) in [5.74, 6) is -0.732. The molecular weight excluding hydrogens is 496 g/mol. The van der Waals surface area contributed by atoms with Gasteiger partial charge < -0.3 is 10.1 Å². The molecule has 7 nitrogen and oxygen atoms in total. The number of carbonyl (C=O) groups is 2. The molecule has 9 heteroatoms. The number of hydrogen-bond donors (Lipinski definition) is 1. The molecule has 1 aromatic heterocycles. The maximum absolute atomic E-state index is 13.0. The number of aryl methyl sites for hydroxylation is 2. The van der Waals surface area contributed by atoms with Crippen LogP contribution in [0.1, 0.15) is 62.0 Å². The molecule has 1 aliphatic carbocycles. The van der Waals surface area contributed by atoms with Gasteiger partial charge in [-0.3, -0.25) is 9.10 Å². The normalized spacial score (nSPS) is 13.1. The van der Waals surface area contributed by atoms with Crippen LogP contribution in [0.4, 0.5) is 10.7 Å². The van der Waals surface area contributed by atoms with E-state index < -0.39 is 16.0 Å². The number of fused-ring (bicyclic) bond motifs is 1. The molecule has 1 amide bonds. The molecule has 0 aliphatic heterocycles. The fourth-order valence-corrected chi connectivity index (χ4v) is 6.51. The summed E-state index contributed by atoms with van der Waals surface area (Å²) in [7, 11) is -3.51. The molecule has 0 bridgehead atoms. The van der Waals surface area contributed by atoms with Crippen molar-refractivity contribution in [2.24, 2.45) is 0 Å². The van der Waals surface area contributed by atoms with Gasteiger partial charge in [0.2, 0.25) is 10.0 Å². The van der Waals surface area contributed by atoms with Gasteiger partial charge in [-0.1, -0.05) is 24.3 Å². The predicted octanol–water partition coefficient (Wildman–Crippen LogP) is 5.33. The van der Waals surface area contributed by atoms with E-state index in [4.69, 9.17) is 4.74 Å². The van der Waals surface area contributed by atoms with E-state index in [9.17, 15) is 18.0 Å². The first-order chi connectivity index (χ1) is 17.2. The quantitative estimate of drug-likeness (QED) is 0.401. The second-order valence-corrected chi connectivity index (χ2v) is 11.9. The SMILES string of the molecule is CCOC(=O)c1c(NC(=O)c2ccc(CN(c3cccc(C)c3)S(C)(=O)=O)cc2)sc2c1CCCC2. The summed E-state index contributed by atoms with van der Waals surface area (Å²) in [5.41, 5.74) is 4.19. The largest absolute Gasteiger partial charge is 0.462 e. The second-order valence-electron chi connectivity index (χ2n) is 8.90. The number of hydrogen-bond acceptors (Lipinski definition) is 6. The number of esters is 1. The smallest absolute Gasteiger partial charge is 0.341 e. The Morgan fingerprint density at radius 2 is 1.81 bits per heavy atom. The highest BCUT2D eigenvalue weighted by Gasteiger charge is 2.27. The maximum Gasteiger partial charge on any atom is 0.341 e. The zero-order valence-electron chi connectivity index (χ0n) is 20.7. The summed E-state index contributed by atoms with van der Waals surface area (Å²) in [6.45, 7) is 4.09. The second kappa shape index (κ2) is 10.8. The Morgan fingerprint density at radius 1 is 1.08 bits per heavy atom. The maximum atomic E-state index is 13.0. The first-order valence-electron chi connectivity index (χ1n) is 11.9. The minimum Gasteiger partial charge on any atom is -0.462 e. The average Bonchev–Trinajstić information content (AvgIpc) is 3.20. The van der Waals surface area contributed by atoms with E-state index in [1.54, 1.807) is 37.3 Å². The Morgan fingerprint density at radius 3 is 2.47 bits per heavy atom. The van der Waals surface area contributed by atoms with Crippen molar-refractivity contribution in [2.75, 3.05) is 22.5 Å². The van der Waals surface area contributed by atoms with Crippen LogP contribution in [0.25, 0.3) is 0 Å². The number of ether oxygens (including phenoxy) is 1.